The van der Waals surface area contributed by atoms with Crippen molar-refractivity contribution < 1.29 is 13.9 Å². The molecule has 0 amide bonds. The number of nitrogens with one attached hydrogen (secondary N) is 1. The lowest BCUT2D eigenvalue weighted by atomic mass is 10.1. The van der Waals surface area contributed by atoms with E-state index in [9.17, 15) is 4.39 Å². The molecule has 0 radical (unpaired) electrons. The molecule has 5 rings (SSSR count). The number of benzene rings is 1. The molecule has 192 valence electrons. The highest BCUT2D eigenvalue weighted by Crippen LogP contribution is 2.38. The van der Waals surface area contributed by atoms with Crippen LogP contribution in [0.15, 0.2) is 55.0 Å². The molecule has 1 aliphatic heterocycles. The van der Waals surface area contributed by atoms with E-state index in [4.69, 9.17) is 26.1 Å². The largest absolute Gasteiger partial charge is 0.496 e. The molecule has 0 bridgehead atoms. The van der Waals surface area contributed by atoms with Gasteiger partial charge in [0, 0.05) is 67.7 Å². The average molecular weight is 555 g/mol. The second-order valence-electron chi connectivity index (χ2n) is 8.26. The predicted octanol–water partition coefficient (Wildman–Crippen LogP) is 5.42. The third kappa shape index (κ3) is 5.78. The van der Waals surface area contributed by atoms with Gasteiger partial charge in [-0.25, -0.2) is 9.97 Å². The van der Waals surface area contributed by atoms with E-state index in [1.54, 1.807) is 20.3 Å². The molecule has 1 aromatic carbocycles. The summed E-state index contributed by atoms with van der Waals surface area (Å²) in [7, 11) is 3.19. The van der Waals surface area contributed by atoms with E-state index in [2.05, 4.69) is 27.3 Å². The fourth-order valence-electron chi connectivity index (χ4n) is 4.33. The fraction of sp³-hybridized carbons (Fsp3) is 0.280. The van der Waals surface area contributed by atoms with Crippen LogP contribution < -0.4 is 19.7 Å². The Morgan fingerprint density at radius 2 is 1.92 bits per heavy atom. The molecule has 0 aliphatic carbocycles. The Bertz CT molecular complexity index is 1340. The van der Waals surface area contributed by atoms with E-state index < -0.39 is 5.95 Å². The molecule has 1 N–H and O–H groups in total. The van der Waals surface area contributed by atoms with Gasteiger partial charge in [-0.15, -0.1) is 24.8 Å². The van der Waals surface area contributed by atoms with Gasteiger partial charge in [0.2, 0.25) is 5.95 Å². The third-order valence-corrected chi connectivity index (χ3v) is 6.43. The molecule has 1 atom stereocenters. The maximum atomic E-state index is 13.3. The standard InChI is InChI=1S/C25H25ClFN5O2.2ClH/c1-33-22-12-23(34-2)20(26)11-19(22)21-15-32-8-5-18(10-25(32)30-21)31-7-4-17(14-31)29-13-16-3-6-28-24(27)9-16;;/h3,5-6,8-12,15,17,29H,4,7,13-14H2,1-2H3;2*1H. The number of nitrogens with zero attached hydrogens (tertiary/aromatic N) is 4. The normalized spacial score (nSPS) is 14.9. The molecule has 0 spiro atoms. The Labute approximate surface area is 226 Å². The molecule has 11 heteroatoms. The van der Waals surface area contributed by atoms with Crippen molar-refractivity contribution in [3.8, 4) is 22.8 Å². The van der Waals surface area contributed by atoms with E-state index in [0.717, 1.165) is 47.7 Å². The first-order valence-electron chi connectivity index (χ1n) is 11.0. The van der Waals surface area contributed by atoms with Crippen LogP contribution >= 0.6 is 36.4 Å². The number of halogens is 4. The quantitative estimate of drug-likeness (QED) is 0.308. The van der Waals surface area contributed by atoms with Crippen molar-refractivity contribution in [2.24, 2.45) is 0 Å². The number of aromatic nitrogens is 3. The van der Waals surface area contributed by atoms with Crippen LogP contribution in [0.2, 0.25) is 5.02 Å². The van der Waals surface area contributed by atoms with Crippen LogP contribution in [-0.2, 0) is 6.54 Å². The summed E-state index contributed by atoms with van der Waals surface area (Å²) < 4.78 is 26.1. The zero-order chi connectivity index (χ0) is 23.7. The summed E-state index contributed by atoms with van der Waals surface area (Å²) >= 11 is 6.36. The van der Waals surface area contributed by atoms with Crippen LogP contribution in [0.5, 0.6) is 11.5 Å². The number of anilines is 1. The van der Waals surface area contributed by atoms with Gasteiger partial charge in [0.05, 0.1) is 24.9 Å². The predicted molar refractivity (Wildman–Crippen MR) is 145 cm³/mol. The molecule has 36 heavy (non-hydrogen) atoms. The zero-order valence-corrected chi connectivity index (χ0v) is 22.2. The first kappa shape index (κ1) is 27.8. The first-order valence-corrected chi connectivity index (χ1v) is 11.4. The van der Waals surface area contributed by atoms with Crippen LogP contribution in [0.3, 0.4) is 0 Å². The van der Waals surface area contributed by atoms with Crippen molar-refractivity contribution in [2.45, 2.75) is 19.0 Å². The number of imidazole rings is 1. The SMILES string of the molecule is COc1cc(OC)c(-c2cn3ccc(N4CCC(NCc5ccnc(F)c5)C4)cc3n2)cc1Cl.Cl.Cl. The van der Waals surface area contributed by atoms with Crippen LogP contribution in [0.25, 0.3) is 16.9 Å². The minimum atomic E-state index is -0.450. The lowest BCUT2D eigenvalue weighted by Gasteiger charge is -2.19. The van der Waals surface area contributed by atoms with Crippen molar-refractivity contribution in [2.75, 3.05) is 32.2 Å². The lowest BCUT2D eigenvalue weighted by molar-refractivity contribution is 0.395. The van der Waals surface area contributed by atoms with E-state index in [0.29, 0.717) is 29.1 Å². The molecule has 7 nitrogen and oxygen atoms in total. The Morgan fingerprint density at radius 3 is 2.67 bits per heavy atom. The van der Waals surface area contributed by atoms with E-state index in [1.807, 2.05) is 28.9 Å². The van der Waals surface area contributed by atoms with Crippen molar-refractivity contribution in [3.05, 3.63) is 71.5 Å². The number of hydrogen-bond acceptors (Lipinski definition) is 6. The summed E-state index contributed by atoms with van der Waals surface area (Å²) in [6.45, 7) is 2.43. The Hall–Kier alpha value is -2.78. The minimum absolute atomic E-state index is 0. The Morgan fingerprint density at radius 1 is 1.11 bits per heavy atom. The van der Waals surface area contributed by atoms with E-state index in [1.165, 1.54) is 12.3 Å². The van der Waals surface area contributed by atoms with Gasteiger partial charge in [0.15, 0.2) is 0 Å². The average Bonchev–Trinajstić information content (AvgIpc) is 3.49. The number of methoxy groups -OCH3 is 2. The molecule has 1 aliphatic rings. The lowest BCUT2D eigenvalue weighted by Crippen LogP contribution is -2.32. The van der Waals surface area contributed by atoms with Gasteiger partial charge >= 0.3 is 0 Å². The maximum absolute atomic E-state index is 13.3. The summed E-state index contributed by atoms with van der Waals surface area (Å²) in [5.41, 5.74) is 4.42. The van der Waals surface area contributed by atoms with Crippen molar-refractivity contribution in [3.63, 3.8) is 0 Å². The van der Waals surface area contributed by atoms with Gasteiger partial charge in [0.25, 0.3) is 0 Å². The molecule has 1 fully saturated rings. The summed E-state index contributed by atoms with van der Waals surface area (Å²) in [5.74, 6) is 0.751. The molecular weight excluding hydrogens is 528 g/mol. The van der Waals surface area contributed by atoms with E-state index >= 15 is 0 Å². The second-order valence-corrected chi connectivity index (χ2v) is 8.67. The summed E-state index contributed by atoms with van der Waals surface area (Å²) in [6.07, 6.45) is 6.48. The van der Waals surface area contributed by atoms with Crippen LogP contribution in [0, 0.1) is 5.95 Å². The molecule has 3 aromatic heterocycles. The fourth-order valence-corrected chi connectivity index (χ4v) is 4.57. The van der Waals surface area contributed by atoms with Crippen LogP contribution in [-0.4, -0.2) is 47.7 Å². The maximum Gasteiger partial charge on any atom is 0.213 e. The number of pyridine rings is 2. The van der Waals surface area contributed by atoms with Gasteiger partial charge in [-0.2, -0.15) is 4.39 Å². The number of hydrogen-bond donors (Lipinski definition) is 1. The Kier molecular flexibility index (Phi) is 9.24. The monoisotopic (exact) mass is 553 g/mol. The second kappa shape index (κ2) is 12.0. The van der Waals surface area contributed by atoms with Crippen molar-refractivity contribution in [1.82, 2.24) is 19.7 Å². The Balaban J connectivity index is 0.00000180. The summed E-state index contributed by atoms with van der Waals surface area (Å²) in [4.78, 5) is 10.8. The molecule has 1 unspecified atom stereocenters. The van der Waals surface area contributed by atoms with E-state index in [-0.39, 0.29) is 24.8 Å². The molecule has 1 saturated heterocycles. The van der Waals surface area contributed by atoms with Gasteiger partial charge in [-0.1, -0.05) is 11.6 Å². The highest BCUT2D eigenvalue weighted by Gasteiger charge is 2.23. The molecule has 4 aromatic rings. The number of ether oxygens (including phenoxy) is 2. The van der Waals surface area contributed by atoms with Crippen molar-refractivity contribution >= 4 is 47.7 Å². The van der Waals surface area contributed by atoms with Gasteiger partial charge in [-0.05, 0) is 36.2 Å². The summed E-state index contributed by atoms with van der Waals surface area (Å²) in [5, 5.41) is 4.02. The topological polar surface area (TPSA) is 63.9 Å². The smallest absolute Gasteiger partial charge is 0.213 e. The number of rotatable bonds is 7. The van der Waals surface area contributed by atoms with Crippen LogP contribution in [0.1, 0.15) is 12.0 Å². The summed E-state index contributed by atoms with van der Waals surface area (Å²) in [6, 6.07) is 11.4. The highest BCUT2D eigenvalue weighted by molar-refractivity contribution is 6.32. The van der Waals surface area contributed by atoms with Gasteiger partial charge in [-0.3, -0.25) is 0 Å². The molecular formula is C25H27Cl3FN5O2. The minimum Gasteiger partial charge on any atom is -0.496 e. The zero-order valence-electron chi connectivity index (χ0n) is 19.8. The van der Waals surface area contributed by atoms with Gasteiger partial charge < -0.3 is 24.1 Å². The number of fused-ring (bicyclic) bond motifs is 1. The van der Waals surface area contributed by atoms with Crippen molar-refractivity contribution in [1.29, 1.82) is 0 Å². The van der Waals surface area contributed by atoms with Gasteiger partial charge in [0.1, 0.15) is 17.1 Å². The van der Waals surface area contributed by atoms with Crippen LogP contribution in [0.4, 0.5) is 10.1 Å². The molecule has 4 heterocycles. The first-order chi connectivity index (χ1) is 16.5. The molecule has 0 saturated carbocycles. The highest BCUT2D eigenvalue weighted by atomic mass is 35.5. The third-order valence-electron chi connectivity index (χ3n) is 6.13.